The third kappa shape index (κ3) is 4.76. The number of β-amino-alcohol motifs (C(OH)–C–C–N with tert-alkyl or cyclic N) is 1. The maximum atomic E-state index is 12.5. The maximum absolute atomic E-state index is 12.5. The van der Waals surface area contributed by atoms with Crippen molar-refractivity contribution in [1.29, 1.82) is 0 Å². The van der Waals surface area contributed by atoms with Gasteiger partial charge in [-0.2, -0.15) is 0 Å². The highest BCUT2D eigenvalue weighted by molar-refractivity contribution is 5.69. The second-order valence-corrected chi connectivity index (χ2v) is 8.80. The van der Waals surface area contributed by atoms with Gasteiger partial charge in [0.05, 0.1) is 12.6 Å². The minimum Gasteiger partial charge on any atom is -0.445 e. The molecule has 0 aromatic heterocycles. The average molecular weight is 390 g/mol. The van der Waals surface area contributed by atoms with Crippen LogP contribution in [0, 0.1) is 5.41 Å². The Hall–Kier alpha value is -2.28. The van der Waals surface area contributed by atoms with Crippen LogP contribution in [0.3, 0.4) is 0 Å². The standard InChI is InChI=1S/C21H30N2O5/c1-20(2,3)28-19(26)22-11-7-10-21(14-22)15-23(12-17(21)24)18(25)27-13-16-8-5-4-6-9-16/h4-6,8-9,17,24H,7,10-15H2,1-3H3/t17-,21?/m1/s1. The Morgan fingerprint density at radius 3 is 2.50 bits per heavy atom. The van der Waals surface area contributed by atoms with Gasteiger partial charge in [0.1, 0.15) is 12.2 Å². The topological polar surface area (TPSA) is 79.3 Å². The zero-order valence-corrected chi connectivity index (χ0v) is 16.9. The molecule has 2 saturated heterocycles. The van der Waals surface area contributed by atoms with Crippen LogP contribution in [0.25, 0.3) is 0 Å². The summed E-state index contributed by atoms with van der Waals surface area (Å²) in [7, 11) is 0. The molecule has 1 unspecified atom stereocenters. The molecule has 2 heterocycles. The van der Waals surface area contributed by atoms with Crippen LogP contribution < -0.4 is 0 Å². The predicted octanol–water partition coefficient (Wildman–Crippen LogP) is 3.02. The normalized spacial score (nSPS) is 25.1. The first-order chi connectivity index (χ1) is 13.2. The fourth-order valence-corrected chi connectivity index (χ4v) is 3.95. The summed E-state index contributed by atoms with van der Waals surface area (Å²) in [5.41, 5.74) is -0.177. The van der Waals surface area contributed by atoms with Gasteiger partial charge < -0.3 is 24.4 Å². The molecule has 7 nitrogen and oxygen atoms in total. The number of aliphatic hydroxyl groups excluding tert-OH is 1. The lowest BCUT2D eigenvalue weighted by Gasteiger charge is -2.42. The van der Waals surface area contributed by atoms with Gasteiger partial charge in [0.2, 0.25) is 0 Å². The SMILES string of the molecule is CC(C)(C)OC(=O)N1CCCC2(CN(C(=O)OCc3ccccc3)C[C@H]2O)C1. The van der Waals surface area contributed by atoms with E-state index in [2.05, 4.69) is 0 Å². The van der Waals surface area contributed by atoms with E-state index >= 15 is 0 Å². The number of hydrogen-bond acceptors (Lipinski definition) is 5. The molecule has 1 aromatic carbocycles. The molecule has 154 valence electrons. The number of piperidine rings is 1. The lowest BCUT2D eigenvalue weighted by molar-refractivity contribution is -0.0199. The summed E-state index contributed by atoms with van der Waals surface area (Å²) in [5.74, 6) is 0. The van der Waals surface area contributed by atoms with E-state index in [4.69, 9.17) is 9.47 Å². The summed E-state index contributed by atoms with van der Waals surface area (Å²) in [4.78, 5) is 28.1. The minimum atomic E-state index is -0.693. The Bertz CT molecular complexity index is 702. The van der Waals surface area contributed by atoms with E-state index in [1.165, 1.54) is 0 Å². The zero-order valence-electron chi connectivity index (χ0n) is 16.9. The Morgan fingerprint density at radius 1 is 1.14 bits per heavy atom. The lowest BCUT2D eigenvalue weighted by Crippen LogP contribution is -2.52. The molecule has 1 N–H and O–H groups in total. The van der Waals surface area contributed by atoms with Gasteiger partial charge in [-0.15, -0.1) is 0 Å². The molecule has 2 amide bonds. The highest BCUT2D eigenvalue weighted by Gasteiger charge is 2.51. The van der Waals surface area contributed by atoms with Gasteiger partial charge in [0.25, 0.3) is 0 Å². The second-order valence-electron chi connectivity index (χ2n) is 8.80. The smallest absolute Gasteiger partial charge is 0.410 e. The van der Waals surface area contributed by atoms with Crippen LogP contribution in [-0.2, 0) is 16.1 Å². The van der Waals surface area contributed by atoms with Crippen LogP contribution in [0.5, 0.6) is 0 Å². The highest BCUT2D eigenvalue weighted by atomic mass is 16.6. The number of rotatable bonds is 2. The van der Waals surface area contributed by atoms with Crippen LogP contribution in [0.1, 0.15) is 39.2 Å². The Labute approximate surface area is 166 Å². The van der Waals surface area contributed by atoms with Crippen molar-refractivity contribution in [3.63, 3.8) is 0 Å². The first-order valence-corrected chi connectivity index (χ1v) is 9.80. The van der Waals surface area contributed by atoms with Crippen molar-refractivity contribution in [1.82, 2.24) is 9.80 Å². The van der Waals surface area contributed by atoms with Crippen molar-refractivity contribution in [2.24, 2.45) is 5.41 Å². The largest absolute Gasteiger partial charge is 0.445 e. The number of amides is 2. The number of benzene rings is 1. The van der Waals surface area contributed by atoms with Crippen molar-refractivity contribution in [2.75, 3.05) is 26.2 Å². The van der Waals surface area contributed by atoms with Crippen molar-refractivity contribution in [2.45, 2.75) is 51.9 Å². The third-order valence-electron chi connectivity index (χ3n) is 5.33. The number of ether oxygens (including phenoxy) is 2. The Balaban J connectivity index is 1.60. The van der Waals surface area contributed by atoms with Gasteiger partial charge in [-0.1, -0.05) is 30.3 Å². The monoisotopic (exact) mass is 390 g/mol. The number of hydrogen-bond donors (Lipinski definition) is 1. The van der Waals surface area contributed by atoms with Crippen LogP contribution >= 0.6 is 0 Å². The molecule has 0 radical (unpaired) electrons. The molecular formula is C21H30N2O5. The van der Waals surface area contributed by atoms with E-state index in [1.807, 2.05) is 51.1 Å². The Kier molecular flexibility index (Phi) is 5.84. The first kappa shape index (κ1) is 20.5. The van der Waals surface area contributed by atoms with Gasteiger partial charge in [-0.3, -0.25) is 0 Å². The van der Waals surface area contributed by atoms with Gasteiger partial charge in [-0.25, -0.2) is 9.59 Å². The number of carbonyl (C=O) groups excluding carboxylic acids is 2. The molecule has 0 aliphatic carbocycles. The van der Waals surface area contributed by atoms with E-state index in [1.54, 1.807) is 9.80 Å². The first-order valence-electron chi connectivity index (χ1n) is 9.80. The number of likely N-dealkylation sites (tertiary alicyclic amines) is 2. The molecule has 7 heteroatoms. The highest BCUT2D eigenvalue weighted by Crippen LogP contribution is 2.40. The van der Waals surface area contributed by atoms with Gasteiger partial charge in [0, 0.05) is 25.0 Å². The molecule has 2 aliphatic heterocycles. The molecule has 3 rings (SSSR count). The molecular weight excluding hydrogens is 360 g/mol. The summed E-state index contributed by atoms with van der Waals surface area (Å²) in [6, 6.07) is 9.49. The Morgan fingerprint density at radius 2 is 1.82 bits per heavy atom. The van der Waals surface area contributed by atoms with Crippen LogP contribution in [0.15, 0.2) is 30.3 Å². The second kappa shape index (κ2) is 7.99. The van der Waals surface area contributed by atoms with Crippen LogP contribution in [0.2, 0.25) is 0 Å². The summed E-state index contributed by atoms with van der Waals surface area (Å²) in [5, 5.41) is 10.7. The number of carbonyl (C=O) groups is 2. The lowest BCUT2D eigenvalue weighted by atomic mass is 9.77. The molecule has 2 fully saturated rings. The van der Waals surface area contributed by atoms with E-state index in [0.717, 1.165) is 18.4 Å². The molecule has 1 spiro atoms. The molecule has 2 aliphatic rings. The van der Waals surface area contributed by atoms with Crippen molar-refractivity contribution < 1.29 is 24.2 Å². The van der Waals surface area contributed by atoms with Crippen molar-refractivity contribution >= 4 is 12.2 Å². The van der Waals surface area contributed by atoms with Crippen molar-refractivity contribution in [3.05, 3.63) is 35.9 Å². The predicted molar refractivity (Wildman–Crippen MR) is 104 cm³/mol. The minimum absolute atomic E-state index is 0.198. The van der Waals surface area contributed by atoms with E-state index in [0.29, 0.717) is 19.6 Å². The average Bonchev–Trinajstić information content (AvgIpc) is 2.95. The quantitative estimate of drug-likeness (QED) is 0.840. The van der Waals surface area contributed by atoms with E-state index < -0.39 is 23.2 Å². The molecule has 1 aromatic rings. The maximum Gasteiger partial charge on any atom is 0.410 e. The van der Waals surface area contributed by atoms with E-state index in [9.17, 15) is 14.7 Å². The van der Waals surface area contributed by atoms with Crippen LogP contribution in [-0.4, -0.2) is 65.0 Å². The van der Waals surface area contributed by atoms with Crippen molar-refractivity contribution in [3.8, 4) is 0 Å². The third-order valence-corrected chi connectivity index (χ3v) is 5.33. The summed E-state index contributed by atoms with van der Waals surface area (Å²) in [6.07, 6.45) is 0.0270. The van der Waals surface area contributed by atoms with Crippen LogP contribution in [0.4, 0.5) is 9.59 Å². The zero-order chi connectivity index (χ0) is 20.4. The summed E-state index contributed by atoms with van der Waals surface area (Å²) < 4.78 is 10.9. The molecule has 28 heavy (non-hydrogen) atoms. The molecule has 2 atom stereocenters. The van der Waals surface area contributed by atoms with Gasteiger partial charge >= 0.3 is 12.2 Å². The summed E-state index contributed by atoms with van der Waals surface area (Å²) in [6.45, 7) is 7.27. The number of nitrogens with zero attached hydrogens (tertiary/aromatic N) is 2. The summed E-state index contributed by atoms with van der Waals surface area (Å²) >= 11 is 0. The van der Waals surface area contributed by atoms with E-state index in [-0.39, 0.29) is 19.2 Å². The fourth-order valence-electron chi connectivity index (χ4n) is 3.95. The molecule has 0 saturated carbocycles. The fraction of sp³-hybridized carbons (Fsp3) is 0.619. The molecule has 0 bridgehead atoms. The van der Waals surface area contributed by atoms with Gasteiger partial charge in [0.15, 0.2) is 0 Å². The number of aliphatic hydroxyl groups is 1. The van der Waals surface area contributed by atoms with Gasteiger partial charge in [-0.05, 0) is 39.2 Å².